The molecule has 0 radical (unpaired) electrons. The van der Waals surface area contributed by atoms with E-state index >= 15 is 0 Å². The average molecular weight is 274 g/mol. The molecule has 1 saturated carbocycles. The Bertz CT molecular complexity index is 265. The molecule has 0 aromatic carbocycles. The molecule has 1 aliphatic carbocycles. The highest BCUT2D eigenvalue weighted by molar-refractivity contribution is 9.09. The second-order valence-electron chi connectivity index (χ2n) is 4.35. The molecule has 1 aliphatic rings. The second-order valence-corrected chi connectivity index (χ2v) is 5.63. The molecule has 1 heterocycles. The standard InChI is InChI=1S/C11H16BrNS/c12-8-11(4-2-1-3-5-11)6-10-7-14-9-13-10/h7,9H,1-6,8H2. The zero-order valence-corrected chi connectivity index (χ0v) is 10.7. The lowest BCUT2D eigenvalue weighted by atomic mass is 9.73. The van der Waals surface area contributed by atoms with Crippen molar-refractivity contribution in [3.8, 4) is 0 Å². The molecule has 2 rings (SSSR count). The number of halogens is 1. The Kier molecular flexibility index (Phi) is 3.61. The molecule has 0 aliphatic heterocycles. The van der Waals surface area contributed by atoms with Crippen LogP contribution in [0.2, 0.25) is 0 Å². The van der Waals surface area contributed by atoms with Gasteiger partial charge in [0.25, 0.3) is 0 Å². The highest BCUT2D eigenvalue weighted by atomic mass is 79.9. The van der Waals surface area contributed by atoms with Crippen molar-refractivity contribution in [3.63, 3.8) is 0 Å². The molecule has 1 aromatic heterocycles. The lowest BCUT2D eigenvalue weighted by Crippen LogP contribution is -2.28. The first-order chi connectivity index (χ1) is 6.85. The number of thiazole rings is 1. The summed E-state index contributed by atoms with van der Waals surface area (Å²) in [5.41, 5.74) is 3.74. The maximum atomic E-state index is 4.40. The summed E-state index contributed by atoms with van der Waals surface area (Å²) in [6.07, 6.45) is 8.13. The van der Waals surface area contributed by atoms with Gasteiger partial charge in [0.2, 0.25) is 0 Å². The summed E-state index contributed by atoms with van der Waals surface area (Å²) >= 11 is 5.40. The van der Waals surface area contributed by atoms with Crippen LogP contribution < -0.4 is 0 Å². The van der Waals surface area contributed by atoms with E-state index in [0.29, 0.717) is 5.41 Å². The fourth-order valence-corrected chi connectivity index (χ4v) is 3.69. The third-order valence-electron chi connectivity index (χ3n) is 3.24. The molecule has 0 spiro atoms. The van der Waals surface area contributed by atoms with Crippen LogP contribution in [0, 0.1) is 5.41 Å². The lowest BCUT2D eigenvalue weighted by Gasteiger charge is -2.35. The second kappa shape index (κ2) is 4.75. The summed E-state index contributed by atoms with van der Waals surface area (Å²) < 4.78 is 0. The SMILES string of the molecule is BrCC1(Cc2cscn2)CCCCC1. The van der Waals surface area contributed by atoms with E-state index in [2.05, 4.69) is 26.3 Å². The van der Waals surface area contributed by atoms with Gasteiger partial charge in [0.05, 0.1) is 11.2 Å². The monoisotopic (exact) mass is 273 g/mol. The van der Waals surface area contributed by atoms with Crippen molar-refractivity contribution in [2.45, 2.75) is 38.5 Å². The smallest absolute Gasteiger partial charge is 0.0794 e. The normalized spacial score (nSPS) is 20.9. The van der Waals surface area contributed by atoms with Crippen LogP contribution in [0.15, 0.2) is 10.9 Å². The number of hydrogen-bond donors (Lipinski definition) is 0. The van der Waals surface area contributed by atoms with Crippen molar-refractivity contribution < 1.29 is 0 Å². The summed E-state index contributed by atoms with van der Waals surface area (Å²) in [6.45, 7) is 0. The van der Waals surface area contributed by atoms with Crippen LogP contribution in [0.3, 0.4) is 0 Å². The van der Waals surface area contributed by atoms with E-state index in [1.807, 2.05) is 5.51 Å². The van der Waals surface area contributed by atoms with Crippen LogP contribution >= 0.6 is 27.3 Å². The van der Waals surface area contributed by atoms with Crippen molar-refractivity contribution in [3.05, 3.63) is 16.6 Å². The lowest BCUT2D eigenvalue weighted by molar-refractivity contribution is 0.222. The van der Waals surface area contributed by atoms with Crippen LogP contribution in [-0.4, -0.2) is 10.3 Å². The zero-order chi connectivity index (χ0) is 9.86. The number of hydrogen-bond acceptors (Lipinski definition) is 2. The van der Waals surface area contributed by atoms with Crippen LogP contribution in [0.1, 0.15) is 37.8 Å². The molecule has 0 unspecified atom stereocenters. The summed E-state index contributed by atoms with van der Waals surface area (Å²) in [5, 5.41) is 3.33. The first kappa shape index (κ1) is 10.6. The van der Waals surface area contributed by atoms with E-state index in [1.165, 1.54) is 44.2 Å². The number of rotatable bonds is 3. The van der Waals surface area contributed by atoms with Crippen LogP contribution in [0.5, 0.6) is 0 Å². The Hall–Kier alpha value is 0.110. The van der Waals surface area contributed by atoms with Gasteiger partial charge in [0.1, 0.15) is 0 Å². The molecule has 78 valence electrons. The van der Waals surface area contributed by atoms with E-state index in [4.69, 9.17) is 0 Å². The van der Waals surface area contributed by atoms with Crippen LogP contribution in [-0.2, 0) is 6.42 Å². The Labute approximate surface area is 98.1 Å². The summed E-state index contributed by atoms with van der Waals surface area (Å²) in [6, 6.07) is 0. The van der Waals surface area contributed by atoms with Gasteiger partial charge in [-0.25, -0.2) is 4.98 Å². The average Bonchev–Trinajstić information content (AvgIpc) is 2.72. The van der Waals surface area contributed by atoms with Gasteiger partial charge in [-0.05, 0) is 24.7 Å². The van der Waals surface area contributed by atoms with Gasteiger partial charge in [-0.15, -0.1) is 11.3 Å². The zero-order valence-electron chi connectivity index (χ0n) is 8.34. The van der Waals surface area contributed by atoms with Gasteiger partial charge in [-0.1, -0.05) is 35.2 Å². The molecule has 0 bridgehead atoms. The molecule has 1 fully saturated rings. The minimum atomic E-state index is 0.506. The predicted octanol–water partition coefficient (Wildman–Crippen LogP) is 4.03. The van der Waals surface area contributed by atoms with E-state index < -0.39 is 0 Å². The molecular formula is C11H16BrNS. The molecule has 3 heteroatoms. The van der Waals surface area contributed by atoms with Gasteiger partial charge in [-0.3, -0.25) is 0 Å². The van der Waals surface area contributed by atoms with E-state index in [1.54, 1.807) is 11.3 Å². The van der Waals surface area contributed by atoms with Gasteiger partial charge in [-0.2, -0.15) is 0 Å². The molecule has 0 amide bonds. The maximum absolute atomic E-state index is 4.40. The predicted molar refractivity (Wildman–Crippen MR) is 65.1 cm³/mol. The molecule has 14 heavy (non-hydrogen) atoms. The first-order valence-electron chi connectivity index (χ1n) is 5.28. The largest absolute Gasteiger partial charge is 0.250 e. The first-order valence-corrected chi connectivity index (χ1v) is 7.34. The van der Waals surface area contributed by atoms with Gasteiger partial charge < -0.3 is 0 Å². The van der Waals surface area contributed by atoms with Crippen molar-refractivity contribution in [2.24, 2.45) is 5.41 Å². The minimum absolute atomic E-state index is 0.506. The summed E-state index contributed by atoms with van der Waals surface area (Å²) in [5.74, 6) is 0. The van der Waals surface area contributed by atoms with Crippen LogP contribution in [0.4, 0.5) is 0 Å². The molecule has 1 aromatic rings. The quantitative estimate of drug-likeness (QED) is 0.758. The van der Waals surface area contributed by atoms with E-state index in [9.17, 15) is 0 Å². The van der Waals surface area contributed by atoms with Gasteiger partial charge >= 0.3 is 0 Å². The van der Waals surface area contributed by atoms with Gasteiger partial charge in [0.15, 0.2) is 0 Å². The van der Waals surface area contributed by atoms with E-state index in [0.717, 1.165) is 5.33 Å². The van der Waals surface area contributed by atoms with Crippen molar-refractivity contribution in [2.75, 3.05) is 5.33 Å². The number of alkyl halides is 1. The molecule has 1 nitrogen and oxygen atoms in total. The van der Waals surface area contributed by atoms with E-state index in [-0.39, 0.29) is 0 Å². The Morgan fingerprint density at radius 1 is 1.36 bits per heavy atom. The highest BCUT2D eigenvalue weighted by Gasteiger charge is 2.31. The Morgan fingerprint density at radius 2 is 2.14 bits per heavy atom. The van der Waals surface area contributed by atoms with Crippen molar-refractivity contribution in [1.29, 1.82) is 0 Å². The summed E-state index contributed by atoms with van der Waals surface area (Å²) in [7, 11) is 0. The summed E-state index contributed by atoms with van der Waals surface area (Å²) in [4.78, 5) is 4.40. The highest BCUT2D eigenvalue weighted by Crippen LogP contribution is 2.40. The number of nitrogens with zero attached hydrogens (tertiary/aromatic N) is 1. The maximum Gasteiger partial charge on any atom is 0.0794 e. The molecule has 0 atom stereocenters. The third-order valence-corrected chi connectivity index (χ3v) is 5.06. The number of aromatic nitrogens is 1. The molecule has 0 N–H and O–H groups in total. The fourth-order valence-electron chi connectivity index (χ4n) is 2.37. The molecular weight excluding hydrogens is 258 g/mol. The minimum Gasteiger partial charge on any atom is -0.250 e. The third kappa shape index (κ3) is 2.37. The Morgan fingerprint density at radius 3 is 2.71 bits per heavy atom. The van der Waals surface area contributed by atoms with Crippen molar-refractivity contribution in [1.82, 2.24) is 4.98 Å². The fraction of sp³-hybridized carbons (Fsp3) is 0.727. The van der Waals surface area contributed by atoms with Crippen LogP contribution in [0.25, 0.3) is 0 Å². The Balaban J connectivity index is 2.04. The molecule has 0 saturated heterocycles. The van der Waals surface area contributed by atoms with Gasteiger partial charge in [0, 0.05) is 10.7 Å². The topological polar surface area (TPSA) is 12.9 Å². The van der Waals surface area contributed by atoms with Crippen molar-refractivity contribution >= 4 is 27.3 Å².